The fraction of sp³-hybridized carbons (Fsp3) is 0.667. The Morgan fingerprint density at radius 2 is 2.00 bits per heavy atom. The lowest BCUT2D eigenvalue weighted by Gasteiger charge is -2.22. The quantitative estimate of drug-likeness (QED) is 0.769. The Kier molecular flexibility index (Phi) is 7.75. The number of carbonyl (C=O) groups excluding carboxylic acids is 1. The van der Waals surface area contributed by atoms with Gasteiger partial charge in [-0.25, -0.2) is 14.8 Å². The van der Waals surface area contributed by atoms with Gasteiger partial charge in [-0.15, -0.1) is 0 Å². The Morgan fingerprint density at radius 1 is 1.36 bits per heavy atom. The highest BCUT2D eigenvalue weighted by atomic mass is 79.9. The molecule has 0 aliphatic carbocycles. The van der Waals surface area contributed by atoms with Crippen LogP contribution in [0, 0.1) is 0 Å². The molecule has 0 aliphatic rings. The third-order valence-electron chi connectivity index (χ3n) is 2.75. The van der Waals surface area contributed by atoms with Crippen LogP contribution >= 0.6 is 15.9 Å². The van der Waals surface area contributed by atoms with Crippen LogP contribution < -0.4 is 10.6 Å². The van der Waals surface area contributed by atoms with Crippen LogP contribution in [0.25, 0.3) is 0 Å². The molecule has 0 radical (unpaired) electrons. The fourth-order valence-corrected chi connectivity index (χ4v) is 2.02. The van der Waals surface area contributed by atoms with Crippen LogP contribution in [0.4, 0.5) is 4.79 Å². The molecule has 22 heavy (non-hydrogen) atoms. The predicted octanol–water partition coefficient (Wildman–Crippen LogP) is 3.02. The largest absolute Gasteiger partial charge is 0.444 e. The normalized spacial score (nSPS) is 12.8. The van der Waals surface area contributed by atoms with Gasteiger partial charge in [0.15, 0.2) is 0 Å². The van der Waals surface area contributed by atoms with Crippen LogP contribution in [-0.4, -0.2) is 34.2 Å². The average molecular weight is 373 g/mol. The molecule has 6 nitrogen and oxygen atoms in total. The molecule has 0 saturated carbocycles. The number of rotatable bonds is 7. The highest BCUT2D eigenvalue weighted by Crippen LogP contribution is 2.07. The zero-order chi connectivity index (χ0) is 16.6. The molecule has 1 aromatic rings. The zero-order valence-electron chi connectivity index (χ0n) is 13.6. The van der Waals surface area contributed by atoms with Gasteiger partial charge in [-0.05, 0) is 43.1 Å². The molecule has 0 aromatic carbocycles. The highest BCUT2D eigenvalue weighted by molar-refractivity contribution is 9.10. The van der Waals surface area contributed by atoms with E-state index in [9.17, 15) is 4.79 Å². The van der Waals surface area contributed by atoms with Crippen LogP contribution in [-0.2, 0) is 11.3 Å². The summed E-state index contributed by atoms with van der Waals surface area (Å²) >= 11 is 3.31. The first-order valence-corrected chi connectivity index (χ1v) is 8.26. The van der Waals surface area contributed by atoms with Gasteiger partial charge in [-0.1, -0.05) is 13.3 Å². The first-order valence-electron chi connectivity index (χ1n) is 7.47. The molecule has 1 rings (SSSR count). The van der Waals surface area contributed by atoms with Gasteiger partial charge in [0.2, 0.25) is 0 Å². The number of nitrogens with zero attached hydrogens (tertiary/aromatic N) is 2. The SMILES string of the molecule is CCCC(CNC(=O)OC(C)(C)C)NCc1ncc(Br)cn1. The number of alkyl carbamates (subject to hydrolysis) is 1. The van der Waals surface area contributed by atoms with Gasteiger partial charge in [0, 0.05) is 25.0 Å². The standard InChI is InChI=1S/C15H25BrN4O2/c1-5-6-12(9-20-14(21)22-15(2,3)4)17-10-13-18-7-11(16)8-19-13/h7-8,12,17H,5-6,9-10H2,1-4H3,(H,20,21). The molecular formula is C15H25BrN4O2. The minimum absolute atomic E-state index is 0.157. The van der Waals surface area contributed by atoms with Crippen LogP contribution in [0.2, 0.25) is 0 Å². The van der Waals surface area contributed by atoms with Crippen LogP contribution in [0.15, 0.2) is 16.9 Å². The third kappa shape index (κ3) is 8.29. The number of ether oxygens (including phenoxy) is 1. The molecule has 0 spiro atoms. The van der Waals surface area contributed by atoms with Crippen molar-refractivity contribution in [2.24, 2.45) is 0 Å². The molecule has 0 saturated heterocycles. The minimum Gasteiger partial charge on any atom is -0.444 e. The first-order chi connectivity index (χ1) is 10.3. The molecule has 0 bridgehead atoms. The van der Waals surface area contributed by atoms with E-state index in [0.717, 1.165) is 23.1 Å². The van der Waals surface area contributed by atoms with Gasteiger partial charge in [0.05, 0.1) is 11.0 Å². The van der Waals surface area contributed by atoms with Gasteiger partial charge in [-0.2, -0.15) is 0 Å². The van der Waals surface area contributed by atoms with E-state index in [2.05, 4.69) is 43.5 Å². The fourth-order valence-electron chi connectivity index (χ4n) is 1.81. The van der Waals surface area contributed by atoms with E-state index in [-0.39, 0.29) is 6.04 Å². The van der Waals surface area contributed by atoms with E-state index in [1.54, 1.807) is 12.4 Å². The summed E-state index contributed by atoms with van der Waals surface area (Å²) in [6, 6.07) is 0.157. The number of hydrogen-bond donors (Lipinski definition) is 2. The second-order valence-electron chi connectivity index (χ2n) is 6.07. The van der Waals surface area contributed by atoms with Gasteiger partial charge in [0.25, 0.3) is 0 Å². The lowest BCUT2D eigenvalue weighted by molar-refractivity contribution is 0.0521. The third-order valence-corrected chi connectivity index (χ3v) is 3.16. The summed E-state index contributed by atoms with van der Waals surface area (Å²) < 4.78 is 6.09. The monoisotopic (exact) mass is 372 g/mol. The molecule has 0 aliphatic heterocycles. The summed E-state index contributed by atoms with van der Waals surface area (Å²) in [5.74, 6) is 0.724. The van der Waals surface area contributed by atoms with Crippen LogP contribution in [0.1, 0.15) is 46.4 Å². The summed E-state index contributed by atoms with van der Waals surface area (Å²) in [5, 5.41) is 6.16. The topological polar surface area (TPSA) is 76.1 Å². The van der Waals surface area contributed by atoms with Crippen molar-refractivity contribution in [3.8, 4) is 0 Å². The Hall–Kier alpha value is -1.21. The van der Waals surface area contributed by atoms with Crippen LogP contribution in [0.5, 0.6) is 0 Å². The van der Waals surface area contributed by atoms with Gasteiger partial charge >= 0.3 is 6.09 Å². The van der Waals surface area contributed by atoms with E-state index in [1.165, 1.54) is 0 Å². The van der Waals surface area contributed by atoms with E-state index >= 15 is 0 Å². The lowest BCUT2D eigenvalue weighted by atomic mass is 10.1. The molecular weight excluding hydrogens is 348 g/mol. The van der Waals surface area contributed by atoms with Crippen molar-refractivity contribution in [3.63, 3.8) is 0 Å². The Morgan fingerprint density at radius 3 is 2.55 bits per heavy atom. The van der Waals surface area contributed by atoms with Crippen molar-refractivity contribution in [1.82, 2.24) is 20.6 Å². The summed E-state index contributed by atoms with van der Waals surface area (Å²) in [7, 11) is 0. The maximum Gasteiger partial charge on any atom is 0.407 e. The van der Waals surface area contributed by atoms with Crippen LogP contribution in [0.3, 0.4) is 0 Å². The number of hydrogen-bond acceptors (Lipinski definition) is 5. The molecule has 2 N–H and O–H groups in total. The van der Waals surface area contributed by atoms with Crippen molar-refractivity contribution in [3.05, 3.63) is 22.7 Å². The molecule has 124 valence electrons. The van der Waals surface area contributed by atoms with Gasteiger partial charge in [-0.3, -0.25) is 0 Å². The lowest BCUT2D eigenvalue weighted by Crippen LogP contribution is -2.42. The second-order valence-corrected chi connectivity index (χ2v) is 6.98. The number of amides is 1. The van der Waals surface area contributed by atoms with E-state index in [1.807, 2.05) is 20.8 Å². The van der Waals surface area contributed by atoms with Gasteiger partial charge < -0.3 is 15.4 Å². The summed E-state index contributed by atoms with van der Waals surface area (Å²) in [5.41, 5.74) is -0.483. The smallest absolute Gasteiger partial charge is 0.407 e. The first kappa shape index (κ1) is 18.8. The predicted molar refractivity (Wildman–Crippen MR) is 89.5 cm³/mol. The molecule has 1 amide bonds. The molecule has 1 unspecified atom stereocenters. The highest BCUT2D eigenvalue weighted by Gasteiger charge is 2.17. The van der Waals surface area contributed by atoms with E-state index in [4.69, 9.17) is 4.74 Å². The molecule has 1 aromatic heterocycles. The number of halogens is 1. The molecule has 0 fully saturated rings. The van der Waals surface area contributed by atoms with Crippen molar-refractivity contribution >= 4 is 22.0 Å². The number of nitrogens with one attached hydrogen (secondary N) is 2. The molecule has 1 heterocycles. The number of aromatic nitrogens is 2. The van der Waals surface area contributed by atoms with Crippen molar-refractivity contribution in [1.29, 1.82) is 0 Å². The summed E-state index contributed by atoms with van der Waals surface area (Å²) in [6.45, 7) is 8.73. The maximum atomic E-state index is 11.7. The Balaban J connectivity index is 2.41. The Labute approximate surface area is 140 Å². The zero-order valence-corrected chi connectivity index (χ0v) is 15.2. The summed E-state index contributed by atoms with van der Waals surface area (Å²) in [6.07, 6.45) is 5.02. The number of carbonyl (C=O) groups is 1. The average Bonchev–Trinajstić information content (AvgIpc) is 2.42. The van der Waals surface area contributed by atoms with E-state index < -0.39 is 11.7 Å². The molecule has 1 atom stereocenters. The van der Waals surface area contributed by atoms with Gasteiger partial charge in [0.1, 0.15) is 11.4 Å². The Bertz CT molecular complexity index is 460. The maximum absolute atomic E-state index is 11.7. The van der Waals surface area contributed by atoms with Crippen molar-refractivity contribution in [2.45, 2.75) is 58.7 Å². The molecule has 7 heteroatoms. The van der Waals surface area contributed by atoms with Crippen molar-refractivity contribution in [2.75, 3.05) is 6.54 Å². The van der Waals surface area contributed by atoms with Crippen molar-refractivity contribution < 1.29 is 9.53 Å². The minimum atomic E-state index is -0.483. The summed E-state index contributed by atoms with van der Waals surface area (Å²) in [4.78, 5) is 20.1. The second kappa shape index (κ2) is 9.05. The van der Waals surface area contributed by atoms with E-state index in [0.29, 0.717) is 13.1 Å².